The molecule has 2 N–H and O–H groups in total. The molecule has 0 aliphatic rings. The van der Waals surface area contributed by atoms with Crippen molar-refractivity contribution in [2.45, 2.75) is 20.0 Å². The van der Waals surface area contributed by atoms with Gasteiger partial charge in [0.15, 0.2) is 0 Å². The predicted octanol–water partition coefficient (Wildman–Crippen LogP) is 2.07. The molecule has 0 amide bonds. The van der Waals surface area contributed by atoms with E-state index in [4.69, 9.17) is 4.42 Å². The Morgan fingerprint density at radius 3 is 2.79 bits per heavy atom. The number of hydrogen-bond acceptors (Lipinski definition) is 5. The van der Waals surface area contributed by atoms with Crippen molar-refractivity contribution in [2.75, 3.05) is 11.9 Å². The van der Waals surface area contributed by atoms with Crippen molar-refractivity contribution in [2.24, 2.45) is 0 Å². The van der Waals surface area contributed by atoms with Crippen LogP contribution < -0.4 is 10.6 Å². The molecule has 102 valence electrons. The molecule has 19 heavy (non-hydrogen) atoms. The van der Waals surface area contributed by atoms with Crippen molar-refractivity contribution >= 4 is 6.01 Å². The predicted molar refractivity (Wildman–Crippen MR) is 65.4 cm³/mol. The van der Waals surface area contributed by atoms with E-state index in [0.29, 0.717) is 18.0 Å². The van der Waals surface area contributed by atoms with E-state index in [2.05, 4.69) is 20.8 Å². The largest absolute Gasteiger partial charge is 0.407 e. The maximum Gasteiger partial charge on any atom is 0.315 e. The summed E-state index contributed by atoms with van der Waals surface area (Å²) in [5.74, 6) is -0.768. The minimum atomic E-state index is -0.611. The van der Waals surface area contributed by atoms with Crippen LogP contribution in [0.2, 0.25) is 0 Å². The molecular weight excluding hydrogens is 254 g/mol. The Kier molecular flexibility index (Phi) is 4.40. The Morgan fingerprint density at radius 1 is 1.21 bits per heavy atom. The summed E-state index contributed by atoms with van der Waals surface area (Å²) >= 11 is 0. The number of halogens is 2. The fourth-order valence-electron chi connectivity index (χ4n) is 1.46. The highest BCUT2D eigenvalue weighted by molar-refractivity contribution is 5.25. The second-order valence-corrected chi connectivity index (χ2v) is 3.87. The molecule has 0 spiro atoms. The van der Waals surface area contributed by atoms with Crippen LogP contribution >= 0.6 is 0 Å². The number of benzene rings is 1. The van der Waals surface area contributed by atoms with Gasteiger partial charge in [-0.1, -0.05) is 18.1 Å². The van der Waals surface area contributed by atoms with Gasteiger partial charge in [-0.25, -0.2) is 8.78 Å². The maximum atomic E-state index is 13.4. The summed E-state index contributed by atoms with van der Waals surface area (Å²) < 4.78 is 31.4. The summed E-state index contributed by atoms with van der Waals surface area (Å²) in [6.45, 7) is 3.39. The Morgan fingerprint density at radius 2 is 2.05 bits per heavy atom. The van der Waals surface area contributed by atoms with E-state index in [1.165, 1.54) is 12.1 Å². The van der Waals surface area contributed by atoms with Crippen molar-refractivity contribution in [3.63, 3.8) is 0 Å². The minimum absolute atomic E-state index is 0.148. The zero-order valence-corrected chi connectivity index (χ0v) is 10.4. The second-order valence-electron chi connectivity index (χ2n) is 3.87. The van der Waals surface area contributed by atoms with Gasteiger partial charge in [0.2, 0.25) is 5.89 Å². The molecule has 0 saturated heterocycles. The highest BCUT2D eigenvalue weighted by atomic mass is 19.1. The Labute approximate surface area is 109 Å². The van der Waals surface area contributed by atoms with Gasteiger partial charge in [0, 0.05) is 18.2 Å². The maximum absolute atomic E-state index is 13.4. The van der Waals surface area contributed by atoms with Crippen LogP contribution in [-0.2, 0) is 13.1 Å². The van der Waals surface area contributed by atoms with Crippen molar-refractivity contribution in [1.29, 1.82) is 0 Å². The monoisotopic (exact) mass is 268 g/mol. The molecule has 1 aromatic carbocycles. The Bertz CT molecular complexity index is 544. The molecule has 0 aliphatic carbocycles. The number of rotatable bonds is 6. The van der Waals surface area contributed by atoms with Crippen LogP contribution in [0.15, 0.2) is 22.6 Å². The van der Waals surface area contributed by atoms with Crippen LogP contribution in [0.5, 0.6) is 0 Å². The standard InChI is InChI=1S/C12H14F2N4O/c1-2-15-7-11-17-18-12(19-11)16-6-8-3-4-9(13)5-10(8)14/h3-5,15H,2,6-7H2,1H3,(H,16,18). The van der Waals surface area contributed by atoms with Crippen molar-refractivity contribution in [1.82, 2.24) is 15.5 Å². The summed E-state index contributed by atoms with van der Waals surface area (Å²) in [7, 11) is 0. The SMILES string of the molecule is CCNCc1nnc(NCc2ccc(F)cc2F)o1. The minimum Gasteiger partial charge on any atom is -0.407 e. The van der Waals surface area contributed by atoms with E-state index in [-0.39, 0.29) is 12.6 Å². The fraction of sp³-hybridized carbons (Fsp3) is 0.333. The topological polar surface area (TPSA) is 63.0 Å². The normalized spacial score (nSPS) is 10.7. The molecule has 0 radical (unpaired) electrons. The molecule has 7 heteroatoms. The number of hydrogen-bond donors (Lipinski definition) is 2. The first kappa shape index (κ1) is 13.4. The highest BCUT2D eigenvalue weighted by Crippen LogP contribution is 2.12. The van der Waals surface area contributed by atoms with Crippen LogP contribution in [0.3, 0.4) is 0 Å². The van der Waals surface area contributed by atoms with Gasteiger partial charge in [-0.3, -0.25) is 0 Å². The van der Waals surface area contributed by atoms with Gasteiger partial charge < -0.3 is 15.1 Å². The summed E-state index contributed by atoms with van der Waals surface area (Å²) in [5.41, 5.74) is 0.327. The van der Waals surface area contributed by atoms with E-state index in [1.807, 2.05) is 6.92 Å². The number of nitrogens with zero attached hydrogens (tertiary/aromatic N) is 2. The molecule has 1 aromatic heterocycles. The van der Waals surface area contributed by atoms with Crippen LogP contribution in [0.1, 0.15) is 18.4 Å². The Balaban J connectivity index is 1.92. The second kappa shape index (κ2) is 6.24. The van der Waals surface area contributed by atoms with Gasteiger partial charge in [-0.2, -0.15) is 0 Å². The lowest BCUT2D eigenvalue weighted by Gasteiger charge is -2.03. The third-order valence-electron chi connectivity index (χ3n) is 2.44. The molecule has 2 aromatic rings. The van der Waals surface area contributed by atoms with E-state index < -0.39 is 11.6 Å². The van der Waals surface area contributed by atoms with E-state index in [9.17, 15) is 8.78 Å². The molecule has 5 nitrogen and oxygen atoms in total. The quantitative estimate of drug-likeness (QED) is 0.839. The third-order valence-corrected chi connectivity index (χ3v) is 2.44. The zero-order valence-electron chi connectivity index (χ0n) is 10.4. The number of aromatic nitrogens is 2. The lowest BCUT2D eigenvalue weighted by atomic mass is 10.2. The molecule has 0 atom stereocenters. The molecule has 0 fully saturated rings. The summed E-state index contributed by atoms with van der Waals surface area (Å²) in [6, 6.07) is 3.61. The lowest BCUT2D eigenvalue weighted by molar-refractivity contribution is 0.480. The van der Waals surface area contributed by atoms with Gasteiger partial charge in [-0.05, 0) is 12.6 Å². The summed E-state index contributed by atoms with van der Waals surface area (Å²) in [6.07, 6.45) is 0. The molecule has 0 aliphatic heterocycles. The average Bonchev–Trinajstić information content (AvgIpc) is 2.83. The van der Waals surface area contributed by atoms with Crippen LogP contribution in [0, 0.1) is 11.6 Å². The van der Waals surface area contributed by atoms with Gasteiger partial charge in [-0.15, -0.1) is 5.10 Å². The molecule has 0 unspecified atom stereocenters. The van der Waals surface area contributed by atoms with E-state index >= 15 is 0 Å². The zero-order chi connectivity index (χ0) is 13.7. The molecule has 2 rings (SSSR count). The molecule has 0 bridgehead atoms. The van der Waals surface area contributed by atoms with Crippen molar-refractivity contribution in [3.8, 4) is 0 Å². The highest BCUT2D eigenvalue weighted by Gasteiger charge is 2.07. The lowest BCUT2D eigenvalue weighted by Crippen LogP contribution is -2.11. The van der Waals surface area contributed by atoms with Crippen LogP contribution in [-0.4, -0.2) is 16.7 Å². The summed E-state index contributed by atoms with van der Waals surface area (Å²) in [5, 5.41) is 13.4. The first-order valence-electron chi connectivity index (χ1n) is 5.90. The molecular formula is C12H14F2N4O. The van der Waals surface area contributed by atoms with Gasteiger partial charge >= 0.3 is 6.01 Å². The van der Waals surface area contributed by atoms with Gasteiger partial charge in [0.25, 0.3) is 0 Å². The van der Waals surface area contributed by atoms with Crippen LogP contribution in [0.4, 0.5) is 14.8 Å². The third kappa shape index (κ3) is 3.72. The average molecular weight is 268 g/mol. The first-order chi connectivity index (χ1) is 9.19. The molecule has 1 heterocycles. The number of anilines is 1. The van der Waals surface area contributed by atoms with Crippen molar-refractivity contribution in [3.05, 3.63) is 41.3 Å². The first-order valence-corrected chi connectivity index (χ1v) is 5.90. The number of nitrogens with one attached hydrogen (secondary N) is 2. The van der Waals surface area contributed by atoms with E-state index in [1.54, 1.807) is 0 Å². The molecule has 0 saturated carbocycles. The van der Waals surface area contributed by atoms with E-state index in [0.717, 1.165) is 12.6 Å². The fourth-order valence-corrected chi connectivity index (χ4v) is 1.46. The smallest absolute Gasteiger partial charge is 0.315 e. The van der Waals surface area contributed by atoms with Crippen LogP contribution in [0.25, 0.3) is 0 Å². The van der Waals surface area contributed by atoms with Gasteiger partial charge in [0.05, 0.1) is 6.54 Å². The summed E-state index contributed by atoms with van der Waals surface area (Å²) in [4.78, 5) is 0. The van der Waals surface area contributed by atoms with Crippen molar-refractivity contribution < 1.29 is 13.2 Å². The van der Waals surface area contributed by atoms with Gasteiger partial charge in [0.1, 0.15) is 11.6 Å². The Hall–Kier alpha value is -2.02.